The van der Waals surface area contributed by atoms with Gasteiger partial charge in [-0.15, -0.1) is 0 Å². The van der Waals surface area contributed by atoms with Crippen LogP contribution in [0.15, 0.2) is 0 Å². The van der Waals surface area contributed by atoms with Crippen LogP contribution in [0, 0.1) is 0 Å². The Balaban J connectivity index is 3.92. The monoisotopic (exact) mass is 276 g/mol. The van der Waals surface area contributed by atoms with Gasteiger partial charge in [0.2, 0.25) is 0 Å². The van der Waals surface area contributed by atoms with Crippen molar-refractivity contribution in [3.05, 3.63) is 0 Å². The summed E-state index contributed by atoms with van der Waals surface area (Å²) in [6.07, 6.45) is -0.124. The van der Waals surface area contributed by atoms with E-state index < -0.39 is 15.2 Å². The summed E-state index contributed by atoms with van der Waals surface area (Å²) in [4.78, 5) is 0. The van der Waals surface area contributed by atoms with E-state index in [0.29, 0.717) is 0 Å². The van der Waals surface area contributed by atoms with Crippen molar-refractivity contribution in [1.29, 1.82) is 0 Å². The van der Waals surface area contributed by atoms with Crippen LogP contribution in [0.2, 0.25) is 0 Å². The van der Waals surface area contributed by atoms with Gasteiger partial charge in [0.1, 0.15) is 6.35 Å². The van der Waals surface area contributed by atoms with Crippen LogP contribution in [0.3, 0.4) is 0 Å². The Hall–Kier alpha value is 0.260. The van der Waals surface area contributed by atoms with Crippen molar-refractivity contribution in [3.63, 3.8) is 0 Å². The molecule has 98 valence electrons. The molecule has 0 rings (SSSR count). The van der Waals surface area contributed by atoms with Gasteiger partial charge in [-0.1, -0.05) is 0 Å². The van der Waals surface area contributed by atoms with Crippen molar-refractivity contribution in [3.8, 4) is 0 Å². The molecule has 0 saturated heterocycles. The zero-order valence-electron chi connectivity index (χ0n) is 9.87. The molecule has 0 spiro atoms. The van der Waals surface area contributed by atoms with Crippen molar-refractivity contribution in [2.24, 2.45) is 0 Å². The highest BCUT2D eigenvalue weighted by atomic mass is 31.2. The van der Waals surface area contributed by atoms with Crippen LogP contribution in [-0.2, 0) is 32.0 Å². The van der Waals surface area contributed by atoms with E-state index in [-0.39, 0.29) is 19.1 Å². The second-order valence-electron chi connectivity index (χ2n) is 2.71. The molecule has 0 aliphatic heterocycles. The molecule has 0 bridgehead atoms. The number of rotatable bonds is 9. The van der Waals surface area contributed by atoms with E-state index in [4.69, 9.17) is 13.8 Å². The molecule has 7 nitrogen and oxygen atoms in total. The molecule has 0 fully saturated rings. The first-order valence-electron chi connectivity index (χ1n) is 4.44. The van der Waals surface area contributed by atoms with Crippen molar-refractivity contribution in [2.75, 3.05) is 47.6 Å². The van der Waals surface area contributed by atoms with Crippen molar-refractivity contribution in [2.45, 2.75) is 0 Å². The largest absolute Gasteiger partial charge is 0.368 e. The molecule has 0 aliphatic carbocycles. The molecule has 0 aromatic rings. The summed E-state index contributed by atoms with van der Waals surface area (Å²) in [6.45, 7) is 0.0790. The van der Waals surface area contributed by atoms with Crippen LogP contribution in [-0.4, -0.2) is 47.6 Å². The second-order valence-corrected chi connectivity index (χ2v) is 7.32. The lowest BCUT2D eigenvalue weighted by molar-refractivity contribution is 0.152. The van der Waals surface area contributed by atoms with Crippen LogP contribution in [0.4, 0.5) is 0 Å². The first-order chi connectivity index (χ1) is 7.45. The summed E-state index contributed by atoms with van der Waals surface area (Å²) in [7, 11) is -1.13. The van der Waals surface area contributed by atoms with E-state index in [1.54, 1.807) is 0 Å². The normalized spacial score (nSPS) is 13.0. The van der Waals surface area contributed by atoms with Crippen LogP contribution in [0.1, 0.15) is 0 Å². The molecule has 16 heavy (non-hydrogen) atoms. The summed E-state index contributed by atoms with van der Waals surface area (Å²) in [5, 5.41) is 0. The maximum atomic E-state index is 11.6. The van der Waals surface area contributed by atoms with Gasteiger partial charge >= 0.3 is 15.2 Å². The standard InChI is InChI=1S/C7H18O7P2/c1-10-15(8,11-2)6-5-14-7-16(9,12-3)13-4/h5-7H2,1-4H3. The van der Waals surface area contributed by atoms with Gasteiger partial charge in [-0.2, -0.15) is 0 Å². The van der Waals surface area contributed by atoms with E-state index >= 15 is 0 Å². The predicted molar refractivity (Wildman–Crippen MR) is 58.9 cm³/mol. The fourth-order valence-corrected chi connectivity index (χ4v) is 2.37. The Bertz CT molecular complexity index is 236. The summed E-state index contributed by atoms with van der Waals surface area (Å²) in [5.74, 6) is 0. The summed E-state index contributed by atoms with van der Waals surface area (Å²) in [5.41, 5.74) is 0. The molecule has 0 aromatic heterocycles. The molecule has 0 radical (unpaired) electrons. The van der Waals surface area contributed by atoms with Crippen LogP contribution in [0.5, 0.6) is 0 Å². The van der Waals surface area contributed by atoms with E-state index in [2.05, 4.69) is 9.05 Å². The molecule has 0 N–H and O–H groups in total. The molecule has 0 heterocycles. The van der Waals surface area contributed by atoms with Crippen molar-refractivity contribution < 1.29 is 32.0 Å². The third-order valence-electron chi connectivity index (χ3n) is 1.87. The van der Waals surface area contributed by atoms with E-state index in [1.165, 1.54) is 28.4 Å². The van der Waals surface area contributed by atoms with Gasteiger partial charge in [0.15, 0.2) is 0 Å². The Kier molecular flexibility index (Phi) is 7.68. The quantitative estimate of drug-likeness (QED) is 0.470. The third kappa shape index (κ3) is 5.55. The van der Waals surface area contributed by atoms with Gasteiger partial charge in [0.05, 0.1) is 12.8 Å². The molecule has 9 heteroatoms. The Morgan fingerprint density at radius 1 is 0.812 bits per heavy atom. The average Bonchev–Trinajstić information content (AvgIpc) is 2.34. The van der Waals surface area contributed by atoms with Crippen molar-refractivity contribution >= 4 is 15.2 Å². The lowest BCUT2D eigenvalue weighted by Gasteiger charge is -2.16. The van der Waals surface area contributed by atoms with Crippen molar-refractivity contribution in [1.82, 2.24) is 0 Å². The zero-order chi connectivity index (χ0) is 12.7. The highest BCUT2D eigenvalue weighted by Gasteiger charge is 2.24. The van der Waals surface area contributed by atoms with Gasteiger partial charge < -0.3 is 22.8 Å². The van der Waals surface area contributed by atoms with E-state index in [0.717, 1.165) is 0 Å². The topological polar surface area (TPSA) is 80.3 Å². The molecular weight excluding hydrogens is 258 g/mol. The van der Waals surface area contributed by atoms with E-state index in [9.17, 15) is 9.13 Å². The first-order valence-corrected chi connectivity index (χ1v) is 7.89. The van der Waals surface area contributed by atoms with Gasteiger partial charge in [-0.05, 0) is 0 Å². The minimum atomic E-state index is -3.17. The minimum Gasteiger partial charge on any atom is -0.368 e. The highest BCUT2D eigenvalue weighted by Crippen LogP contribution is 2.48. The Morgan fingerprint density at radius 3 is 1.62 bits per heavy atom. The second kappa shape index (κ2) is 7.56. The van der Waals surface area contributed by atoms with Crippen LogP contribution >= 0.6 is 15.2 Å². The molecule has 0 amide bonds. The SMILES string of the molecule is COP(=O)(CCOCP(=O)(OC)OC)OC. The molecule has 0 atom stereocenters. The predicted octanol–water partition coefficient (Wildman–Crippen LogP) is 1.93. The highest BCUT2D eigenvalue weighted by molar-refractivity contribution is 7.54. The molecule has 0 saturated carbocycles. The zero-order valence-corrected chi connectivity index (χ0v) is 11.7. The molecule has 0 aliphatic rings. The van der Waals surface area contributed by atoms with Gasteiger partial charge in [-0.3, -0.25) is 9.13 Å². The Morgan fingerprint density at radius 2 is 1.25 bits per heavy atom. The number of hydrogen-bond donors (Lipinski definition) is 0. The molecule has 0 unspecified atom stereocenters. The smallest absolute Gasteiger partial charge is 0.355 e. The Labute approximate surface area is 95.4 Å². The lowest BCUT2D eigenvalue weighted by atomic mass is 10.9. The van der Waals surface area contributed by atoms with Gasteiger partial charge in [-0.25, -0.2) is 0 Å². The summed E-state index contributed by atoms with van der Waals surface area (Å²) in [6, 6.07) is 0. The number of hydrogen-bond acceptors (Lipinski definition) is 7. The summed E-state index contributed by atoms with van der Waals surface area (Å²) < 4.78 is 46.8. The number of ether oxygens (including phenoxy) is 1. The van der Waals surface area contributed by atoms with Gasteiger partial charge in [0.25, 0.3) is 0 Å². The average molecular weight is 276 g/mol. The maximum Gasteiger partial charge on any atom is 0.355 e. The fraction of sp³-hybridized carbons (Fsp3) is 1.00. The maximum absolute atomic E-state index is 11.6. The van der Waals surface area contributed by atoms with Crippen LogP contribution < -0.4 is 0 Å². The van der Waals surface area contributed by atoms with E-state index in [1.807, 2.05) is 0 Å². The fourth-order valence-electron chi connectivity index (χ4n) is 0.790. The lowest BCUT2D eigenvalue weighted by Crippen LogP contribution is -2.06. The minimum absolute atomic E-state index is 0.0768. The van der Waals surface area contributed by atoms with Crippen LogP contribution in [0.25, 0.3) is 0 Å². The molecular formula is C7H18O7P2. The molecule has 0 aromatic carbocycles. The summed E-state index contributed by atoms with van der Waals surface area (Å²) >= 11 is 0. The first kappa shape index (κ1) is 16.3. The van der Waals surface area contributed by atoms with Gasteiger partial charge in [0, 0.05) is 28.4 Å². The third-order valence-corrected chi connectivity index (χ3v) is 5.33.